The highest BCUT2D eigenvalue weighted by atomic mass is 79.9. The Morgan fingerprint density at radius 1 is 1.41 bits per heavy atom. The minimum absolute atomic E-state index is 0.0529. The Hall–Kier alpha value is 0.240. The maximum absolute atomic E-state index is 6.25. The van der Waals surface area contributed by atoms with Crippen molar-refractivity contribution in [2.75, 3.05) is 19.1 Å². The van der Waals surface area contributed by atoms with E-state index in [1.165, 1.54) is 0 Å². The highest BCUT2D eigenvalue weighted by Gasteiger charge is 2.32. The molecule has 0 bridgehead atoms. The molecule has 0 amide bonds. The summed E-state index contributed by atoms with van der Waals surface area (Å²) in [5, 5.41) is 0.800. The van der Waals surface area contributed by atoms with Crippen LogP contribution in [0.2, 0.25) is 5.02 Å². The van der Waals surface area contributed by atoms with Crippen LogP contribution < -0.4 is 0 Å². The average Bonchev–Trinajstić information content (AvgIpc) is 2.34. The van der Waals surface area contributed by atoms with Crippen LogP contribution in [0.1, 0.15) is 18.4 Å². The first-order chi connectivity index (χ1) is 8.15. The van der Waals surface area contributed by atoms with E-state index in [0.29, 0.717) is 5.88 Å². The number of ether oxygens (including phenoxy) is 1. The summed E-state index contributed by atoms with van der Waals surface area (Å²) in [7, 11) is 0. The molecule has 1 aliphatic heterocycles. The summed E-state index contributed by atoms with van der Waals surface area (Å²) in [5.41, 5.74) is 1.21. The molecule has 1 fully saturated rings. The quantitative estimate of drug-likeness (QED) is 0.727. The maximum atomic E-state index is 6.25. The largest absolute Gasteiger partial charge is 0.381 e. The standard InChI is InChI=1S/C13H15BrCl2O/c14-11-3-2-10(12(16)6-11)7-13(8-15)4-1-5-17-9-13/h2-3,6H,1,4-5,7-9H2. The van der Waals surface area contributed by atoms with E-state index in [1.54, 1.807) is 0 Å². The van der Waals surface area contributed by atoms with E-state index in [-0.39, 0.29) is 5.41 Å². The van der Waals surface area contributed by atoms with E-state index in [2.05, 4.69) is 22.0 Å². The van der Waals surface area contributed by atoms with Gasteiger partial charge in [-0.15, -0.1) is 11.6 Å². The van der Waals surface area contributed by atoms with Gasteiger partial charge in [-0.05, 0) is 37.0 Å². The molecule has 0 radical (unpaired) electrons. The molecule has 1 atom stereocenters. The number of rotatable bonds is 3. The Labute approximate surface area is 121 Å². The molecule has 1 aliphatic rings. The molecular formula is C13H15BrCl2O. The van der Waals surface area contributed by atoms with Crippen molar-refractivity contribution in [2.24, 2.45) is 5.41 Å². The SMILES string of the molecule is ClCC1(Cc2ccc(Br)cc2Cl)CCCOC1. The monoisotopic (exact) mass is 336 g/mol. The third-order valence-electron chi connectivity index (χ3n) is 3.27. The molecule has 0 N–H and O–H groups in total. The summed E-state index contributed by atoms with van der Waals surface area (Å²) in [4.78, 5) is 0. The Kier molecular flexibility index (Phi) is 4.76. The van der Waals surface area contributed by atoms with Gasteiger partial charge in [0.05, 0.1) is 6.61 Å². The second-order valence-corrected chi connectivity index (χ2v) is 6.29. The van der Waals surface area contributed by atoms with Gasteiger partial charge in [0.2, 0.25) is 0 Å². The average molecular weight is 338 g/mol. The van der Waals surface area contributed by atoms with Crippen LogP contribution in [0.15, 0.2) is 22.7 Å². The van der Waals surface area contributed by atoms with Crippen LogP contribution in [0.4, 0.5) is 0 Å². The first-order valence-electron chi connectivity index (χ1n) is 5.73. The molecule has 4 heteroatoms. The summed E-state index contributed by atoms with van der Waals surface area (Å²) in [6, 6.07) is 6.02. The molecule has 0 aliphatic carbocycles. The molecule has 1 aromatic rings. The molecule has 94 valence electrons. The van der Waals surface area contributed by atoms with Gasteiger partial charge in [-0.1, -0.05) is 33.6 Å². The third-order valence-corrected chi connectivity index (χ3v) is 4.68. The minimum Gasteiger partial charge on any atom is -0.381 e. The number of alkyl halides is 1. The van der Waals surface area contributed by atoms with E-state index in [0.717, 1.165) is 47.5 Å². The van der Waals surface area contributed by atoms with Crippen molar-refractivity contribution in [3.05, 3.63) is 33.3 Å². The normalized spacial score (nSPS) is 24.9. The van der Waals surface area contributed by atoms with Crippen molar-refractivity contribution in [3.8, 4) is 0 Å². The summed E-state index contributed by atoms with van der Waals surface area (Å²) in [6.07, 6.45) is 3.09. The first-order valence-corrected chi connectivity index (χ1v) is 7.43. The predicted molar refractivity (Wildman–Crippen MR) is 76.1 cm³/mol. The van der Waals surface area contributed by atoms with Crippen LogP contribution in [0.3, 0.4) is 0 Å². The smallest absolute Gasteiger partial charge is 0.0537 e. The summed E-state index contributed by atoms with van der Waals surface area (Å²) >= 11 is 15.8. The van der Waals surface area contributed by atoms with Crippen molar-refractivity contribution >= 4 is 39.1 Å². The van der Waals surface area contributed by atoms with Gasteiger partial charge in [0.25, 0.3) is 0 Å². The highest BCUT2D eigenvalue weighted by molar-refractivity contribution is 9.10. The third kappa shape index (κ3) is 3.37. The molecular weight excluding hydrogens is 323 g/mol. The van der Waals surface area contributed by atoms with E-state index in [1.807, 2.05) is 12.1 Å². The van der Waals surface area contributed by atoms with Gasteiger partial charge in [0.15, 0.2) is 0 Å². The van der Waals surface area contributed by atoms with E-state index in [4.69, 9.17) is 27.9 Å². The number of halogens is 3. The second-order valence-electron chi connectivity index (χ2n) is 4.70. The Balaban J connectivity index is 2.17. The fourth-order valence-corrected chi connectivity index (χ4v) is 3.32. The molecule has 1 saturated heterocycles. The first kappa shape index (κ1) is 13.7. The van der Waals surface area contributed by atoms with Crippen LogP contribution in [0.25, 0.3) is 0 Å². The van der Waals surface area contributed by atoms with Gasteiger partial charge in [0, 0.05) is 27.4 Å². The highest BCUT2D eigenvalue weighted by Crippen LogP contribution is 2.36. The van der Waals surface area contributed by atoms with Crippen molar-refractivity contribution in [2.45, 2.75) is 19.3 Å². The zero-order chi connectivity index (χ0) is 12.3. The van der Waals surface area contributed by atoms with Crippen molar-refractivity contribution in [1.82, 2.24) is 0 Å². The van der Waals surface area contributed by atoms with Gasteiger partial charge in [-0.25, -0.2) is 0 Å². The van der Waals surface area contributed by atoms with Gasteiger partial charge >= 0.3 is 0 Å². The van der Waals surface area contributed by atoms with Crippen LogP contribution in [0.5, 0.6) is 0 Å². The molecule has 1 nitrogen and oxygen atoms in total. The van der Waals surface area contributed by atoms with Crippen LogP contribution in [0, 0.1) is 5.41 Å². The Bertz CT molecular complexity index is 389. The molecule has 1 aromatic carbocycles. The second kappa shape index (κ2) is 5.92. The molecule has 0 saturated carbocycles. The minimum atomic E-state index is 0.0529. The van der Waals surface area contributed by atoms with Gasteiger partial charge < -0.3 is 4.74 Å². The maximum Gasteiger partial charge on any atom is 0.0537 e. The molecule has 0 aromatic heterocycles. The van der Waals surface area contributed by atoms with Crippen LogP contribution >= 0.6 is 39.1 Å². The topological polar surface area (TPSA) is 9.23 Å². The van der Waals surface area contributed by atoms with Crippen LogP contribution in [-0.2, 0) is 11.2 Å². The van der Waals surface area contributed by atoms with E-state index >= 15 is 0 Å². The number of hydrogen-bond acceptors (Lipinski definition) is 1. The zero-order valence-electron chi connectivity index (χ0n) is 9.52. The van der Waals surface area contributed by atoms with Gasteiger partial charge in [-0.2, -0.15) is 0 Å². The van der Waals surface area contributed by atoms with E-state index < -0.39 is 0 Å². The molecule has 0 spiro atoms. The Morgan fingerprint density at radius 3 is 2.82 bits per heavy atom. The molecule has 2 rings (SSSR count). The number of benzene rings is 1. The van der Waals surface area contributed by atoms with Crippen molar-refractivity contribution in [3.63, 3.8) is 0 Å². The lowest BCUT2D eigenvalue weighted by Gasteiger charge is -2.35. The number of hydrogen-bond donors (Lipinski definition) is 0. The zero-order valence-corrected chi connectivity index (χ0v) is 12.6. The molecule has 1 heterocycles. The molecule has 1 unspecified atom stereocenters. The predicted octanol–water partition coefficient (Wildman–Crippen LogP) is 4.68. The van der Waals surface area contributed by atoms with Crippen LogP contribution in [-0.4, -0.2) is 19.1 Å². The summed E-state index contributed by atoms with van der Waals surface area (Å²) in [6.45, 7) is 1.59. The fraction of sp³-hybridized carbons (Fsp3) is 0.538. The van der Waals surface area contributed by atoms with Gasteiger partial charge in [-0.3, -0.25) is 0 Å². The lowest BCUT2D eigenvalue weighted by atomic mass is 9.79. The summed E-state index contributed by atoms with van der Waals surface area (Å²) < 4.78 is 6.58. The van der Waals surface area contributed by atoms with Crippen molar-refractivity contribution in [1.29, 1.82) is 0 Å². The molecule has 17 heavy (non-hydrogen) atoms. The van der Waals surface area contributed by atoms with Crippen molar-refractivity contribution < 1.29 is 4.74 Å². The lowest BCUT2D eigenvalue weighted by Crippen LogP contribution is -2.35. The van der Waals surface area contributed by atoms with Gasteiger partial charge in [0.1, 0.15) is 0 Å². The van der Waals surface area contributed by atoms with E-state index in [9.17, 15) is 0 Å². The summed E-state index contributed by atoms with van der Waals surface area (Å²) in [5.74, 6) is 0.624. The Morgan fingerprint density at radius 2 is 2.24 bits per heavy atom. The lowest BCUT2D eigenvalue weighted by molar-refractivity contribution is 0.00478. The fourth-order valence-electron chi connectivity index (χ4n) is 2.27.